The lowest BCUT2D eigenvalue weighted by atomic mass is 10.2. The molecule has 0 unspecified atom stereocenters. The SMILES string of the molecule is Cn1nccc1CCN(CCCN)c1ccccc1F. The summed E-state index contributed by atoms with van der Waals surface area (Å²) in [6, 6.07) is 8.87. The van der Waals surface area contributed by atoms with Crippen molar-refractivity contribution in [2.75, 3.05) is 24.5 Å². The maximum Gasteiger partial charge on any atom is 0.146 e. The lowest BCUT2D eigenvalue weighted by molar-refractivity contribution is 0.609. The zero-order chi connectivity index (χ0) is 14.4. The van der Waals surface area contributed by atoms with E-state index in [1.807, 2.05) is 29.9 Å². The second-order valence-corrected chi connectivity index (χ2v) is 4.78. The molecule has 20 heavy (non-hydrogen) atoms. The molecule has 2 aromatic rings. The fourth-order valence-electron chi connectivity index (χ4n) is 2.24. The van der Waals surface area contributed by atoms with Gasteiger partial charge in [0.25, 0.3) is 0 Å². The van der Waals surface area contributed by atoms with Gasteiger partial charge < -0.3 is 10.6 Å². The van der Waals surface area contributed by atoms with Crippen molar-refractivity contribution in [2.45, 2.75) is 12.8 Å². The highest BCUT2D eigenvalue weighted by molar-refractivity contribution is 5.47. The highest BCUT2D eigenvalue weighted by Gasteiger charge is 2.11. The largest absolute Gasteiger partial charge is 0.369 e. The van der Waals surface area contributed by atoms with Crippen LogP contribution in [0.4, 0.5) is 10.1 Å². The third-order valence-corrected chi connectivity index (χ3v) is 3.39. The molecule has 0 fully saturated rings. The van der Waals surface area contributed by atoms with E-state index in [0.29, 0.717) is 12.2 Å². The van der Waals surface area contributed by atoms with Crippen LogP contribution in [0.15, 0.2) is 36.5 Å². The zero-order valence-corrected chi connectivity index (χ0v) is 11.8. The number of benzene rings is 1. The summed E-state index contributed by atoms with van der Waals surface area (Å²) in [4.78, 5) is 2.05. The van der Waals surface area contributed by atoms with E-state index in [2.05, 4.69) is 10.00 Å². The molecule has 0 amide bonds. The Bertz CT molecular complexity index is 538. The molecule has 0 saturated carbocycles. The minimum absolute atomic E-state index is 0.186. The van der Waals surface area contributed by atoms with Gasteiger partial charge in [-0.1, -0.05) is 12.1 Å². The highest BCUT2D eigenvalue weighted by atomic mass is 19.1. The number of hydrogen-bond donors (Lipinski definition) is 1. The van der Waals surface area contributed by atoms with Crippen molar-refractivity contribution in [1.82, 2.24) is 9.78 Å². The van der Waals surface area contributed by atoms with Crippen molar-refractivity contribution in [1.29, 1.82) is 0 Å². The second-order valence-electron chi connectivity index (χ2n) is 4.78. The summed E-state index contributed by atoms with van der Waals surface area (Å²) in [5.74, 6) is -0.186. The van der Waals surface area contributed by atoms with E-state index in [9.17, 15) is 4.39 Å². The summed E-state index contributed by atoms with van der Waals surface area (Å²) in [7, 11) is 1.92. The van der Waals surface area contributed by atoms with E-state index in [0.717, 1.165) is 31.6 Å². The molecule has 2 N–H and O–H groups in total. The van der Waals surface area contributed by atoms with Crippen LogP contribution in [0, 0.1) is 5.82 Å². The van der Waals surface area contributed by atoms with Crippen LogP contribution < -0.4 is 10.6 Å². The Morgan fingerprint density at radius 2 is 2.05 bits per heavy atom. The van der Waals surface area contributed by atoms with Gasteiger partial charge in [0.05, 0.1) is 5.69 Å². The van der Waals surface area contributed by atoms with Gasteiger partial charge in [0.1, 0.15) is 5.82 Å². The number of nitrogens with two attached hydrogens (primary N) is 1. The Morgan fingerprint density at radius 3 is 2.70 bits per heavy atom. The zero-order valence-electron chi connectivity index (χ0n) is 11.8. The molecule has 0 aliphatic heterocycles. The number of aryl methyl sites for hydroxylation is 1. The summed E-state index contributed by atoms with van der Waals surface area (Å²) < 4.78 is 15.8. The Labute approximate surface area is 119 Å². The summed E-state index contributed by atoms with van der Waals surface area (Å²) in [5.41, 5.74) is 7.35. The summed E-state index contributed by atoms with van der Waals surface area (Å²) in [6.45, 7) is 2.12. The number of para-hydroxylation sites is 1. The highest BCUT2D eigenvalue weighted by Crippen LogP contribution is 2.19. The fourth-order valence-corrected chi connectivity index (χ4v) is 2.24. The quantitative estimate of drug-likeness (QED) is 0.841. The number of halogens is 1. The van der Waals surface area contributed by atoms with Crippen LogP contribution in [0.1, 0.15) is 12.1 Å². The smallest absolute Gasteiger partial charge is 0.146 e. The van der Waals surface area contributed by atoms with Crippen molar-refractivity contribution < 1.29 is 4.39 Å². The first kappa shape index (κ1) is 14.5. The number of nitrogens with zero attached hydrogens (tertiary/aromatic N) is 3. The van der Waals surface area contributed by atoms with Crippen molar-refractivity contribution in [2.24, 2.45) is 12.8 Å². The molecule has 1 aromatic carbocycles. The standard InChI is InChI=1S/C15H21FN4/c1-19-13(7-10-18-19)8-12-20(11-4-9-17)15-6-3-2-5-14(15)16/h2-3,5-7,10H,4,8-9,11-12,17H2,1H3. The predicted octanol–water partition coefficient (Wildman–Crippen LogP) is 1.96. The van der Waals surface area contributed by atoms with E-state index in [1.165, 1.54) is 6.07 Å². The first-order chi connectivity index (χ1) is 9.72. The maximum atomic E-state index is 13.9. The van der Waals surface area contributed by atoms with Crippen molar-refractivity contribution in [3.05, 3.63) is 48.0 Å². The van der Waals surface area contributed by atoms with Gasteiger partial charge in [-0.25, -0.2) is 4.39 Å². The van der Waals surface area contributed by atoms with E-state index in [4.69, 9.17) is 5.73 Å². The lowest BCUT2D eigenvalue weighted by Crippen LogP contribution is -2.29. The van der Waals surface area contributed by atoms with Crippen LogP contribution in [0.5, 0.6) is 0 Å². The molecule has 0 aliphatic rings. The molecule has 1 aromatic heterocycles. The average molecular weight is 276 g/mol. The van der Waals surface area contributed by atoms with Crippen LogP contribution in [0.2, 0.25) is 0 Å². The Hall–Kier alpha value is -1.88. The molecule has 0 saturated heterocycles. The average Bonchev–Trinajstić information content (AvgIpc) is 2.86. The Balaban J connectivity index is 2.08. The predicted molar refractivity (Wildman–Crippen MR) is 79.2 cm³/mol. The van der Waals surface area contributed by atoms with Crippen molar-refractivity contribution in [3.63, 3.8) is 0 Å². The number of rotatable bonds is 7. The second kappa shape index (κ2) is 7.05. The third-order valence-electron chi connectivity index (χ3n) is 3.39. The van der Waals surface area contributed by atoms with Crippen LogP contribution >= 0.6 is 0 Å². The number of anilines is 1. The van der Waals surface area contributed by atoms with Gasteiger partial charge in [0, 0.05) is 38.4 Å². The molecule has 0 atom stereocenters. The molecular weight excluding hydrogens is 255 g/mol. The first-order valence-electron chi connectivity index (χ1n) is 6.89. The molecule has 0 bridgehead atoms. The maximum absolute atomic E-state index is 13.9. The molecule has 0 aliphatic carbocycles. The van der Waals surface area contributed by atoms with E-state index >= 15 is 0 Å². The monoisotopic (exact) mass is 276 g/mol. The van der Waals surface area contributed by atoms with E-state index < -0.39 is 0 Å². The minimum Gasteiger partial charge on any atom is -0.369 e. The Kier molecular flexibility index (Phi) is 5.12. The third kappa shape index (κ3) is 3.57. The normalized spacial score (nSPS) is 10.8. The molecule has 0 radical (unpaired) electrons. The van der Waals surface area contributed by atoms with Crippen LogP contribution in [-0.4, -0.2) is 29.4 Å². The van der Waals surface area contributed by atoms with Crippen LogP contribution in [-0.2, 0) is 13.5 Å². The molecule has 5 heteroatoms. The van der Waals surface area contributed by atoms with Crippen molar-refractivity contribution in [3.8, 4) is 0 Å². The van der Waals surface area contributed by atoms with Gasteiger partial charge in [0.15, 0.2) is 0 Å². The summed E-state index contributed by atoms with van der Waals surface area (Å²) in [5, 5.41) is 4.15. The molecule has 108 valence electrons. The molecule has 0 spiro atoms. The van der Waals surface area contributed by atoms with Gasteiger partial charge in [-0.2, -0.15) is 5.10 Å². The van der Waals surface area contributed by atoms with Crippen LogP contribution in [0.3, 0.4) is 0 Å². The van der Waals surface area contributed by atoms with E-state index in [-0.39, 0.29) is 5.82 Å². The summed E-state index contributed by atoms with van der Waals surface area (Å²) >= 11 is 0. The number of aromatic nitrogens is 2. The van der Waals surface area contributed by atoms with Gasteiger partial charge in [0.2, 0.25) is 0 Å². The fraction of sp³-hybridized carbons (Fsp3) is 0.400. The minimum atomic E-state index is -0.186. The van der Waals surface area contributed by atoms with Crippen molar-refractivity contribution >= 4 is 5.69 Å². The van der Waals surface area contributed by atoms with Gasteiger partial charge in [-0.05, 0) is 31.2 Å². The van der Waals surface area contributed by atoms with E-state index in [1.54, 1.807) is 12.3 Å². The topological polar surface area (TPSA) is 47.1 Å². The molecule has 4 nitrogen and oxygen atoms in total. The lowest BCUT2D eigenvalue weighted by Gasteiger charge is -2.25. The number of hydrogen-bond acceptors (Lipinski definition) is 3. The Morgan fingerprint density at radius 1 is 1.25 bits per heavy atom. The molecule has 1 heterocycles. The van der Waals surface area contributed by atoms with Gasteiger partial charge >= 0.3 is 0 Å². The van der Waals surface area contributed by atoms with Crippen LogP contribution in [0.25, 0.3) is 0 Å². The summed E-state index contributed by atoms with van der Waals surface area (Å²) in [6.07, 6.45) is 3.46. The molecule has 2 rings (SSSR count). The first-order valence-corrected chi connectivity index (χ1v) is 6.89. The van der Waals surface area contributed by atoms with Gasteiger partial charge in [-0.15, -0.1) is 0 Å². The molecular formula is C15H21FN4. The van der Waals surface area contributed by atoms with Gasteiger partial charge in [-0.3, -0.25) is 4.68 Å².